The number of aryl methyl sites for hydroxylation is 1. The highest BCUT2D eigenvalue weighted by Gasteiger charge is 2.13. The van der Waals surface area contributed by atoms with Crippen molar-refractivity contribution in [2.45, 2.75) is 20.8 Å². The van der Waals surface area contributed by atoms with Crippen molar-refractivity contribution in [3.63, 3.8) is 0 Å². The van der Waals surface area contributed by atoms with E-state index in [1.807, 2.05) is 50.2 Å². The van der Waals surface area contributed by atoms with Gasteiger partial charge in [0, 0.05) is 28.0 Å². The molecule has 0 aliphatic heterocycles. The van der Waals surface area contributed by atoms with Gasteiger partial charge in [-0.1, -0.05) is 42.5 Å². The third-order valence-corrected chi connectivity index (χ3v) is 6.10. The highest BCUT2D eigenvalue weighted by atomic mass is 16.5. The third kappa shape index (κ3) is 4.66. The van der Waals surface area contributed by atoms with Gasteiger partial charge in [0.15, 0.2) is 5.76 Å². The fraction of sp³-hybridized carbons (Fsp3) is 0.133. The number of rotatable bonds is 7. The van der Waals surface area contributed by atoms with Crippen LogP contribution in [0.4, 0.5) is 0 Å². The molecule has 0 fully saturated rings. The van der Waals surface area contributed by atoms with E-state index in [1.165, 1.54) is 11.1 Å². The number of hydrogen-bond donors (Lipinski definition) is 1. The van der Waals surface area contributed by atoms with E-state index in [9.17, 15) is 4.79 Å². The number of hydrogen-bond acceptors (Lipinski definition) is 4. The number of amides is 1. The molecule has 6 nitrogen and oxygen atoms in total. The summed E-state index contributed by atoms with van der Waals surface area (Å²) in [5.74, 6) is 0.520. The van der Waals surface area contributed by atoms with Crippen LogP contribution in [0, 0.1) is 13.8 Å². The fourth-order valence-corrected chi connectivity index (χ4v) is 4.35. The molecule has 1 N–H and O–H groups in total. The van der Waals surface area contributed by atoms with E-state index in [0.717, 1.165) is 33.8 Å². The fourth-order valence-electron chi connectivity index (χ4n) is 4.35. The van der Waals surface area contributed by atoms with Crippen LogP contribution in [-0.2, 0) is 0 Å². The molecule has 0 spiro atoms. The quantitative estimate of drug-likeness (QED) is 0.210. The highest BCUT2D eigenvalue weighted by Crippen LogP contribution is 2.25. The van der Waals surface area contributed by atoms with Crippen LogP contribution in [-0.4, -0.2) is 23.3 Å². The van der Waals surface area contributed by atoms with Gasteiger partial charge in [0.2, 0.25) is 0 Å². The predicted molar refractivity (Wildman–Crippen MR) is 143 cm³/mol. The molecule has 0 saturated carbocycles. The van der Waals surface area contributed by atoms with Crippen LogP contribution in [0.25, 0.3) is 27.8 Å². The summed E-state index contributed by atoms with van der Waals surface area (Å²) in [4.78, 5) is 12.6. The van der Waals surface area contributed by atoms with Crippen LogP contribution in [0.15, 0.2) is 94.4 Å². The summed E-state index contributed by atoms with van der Waals surface area (Å²) in [6.45, 7) is 6.59. The number of nitrogens with one attached hydrogen (secondary N) is 1. The molecule has 0 bridgehead atoms. The molecule has 2 aromatic heterocycles. The van der Waals surface area contributed by atoms with Crippen molar-refractivity contribution in [1.82, 2.24) is 9.99 Å². The zero-order valence-electron chi connectivity index (χ0n) is 20.5. The van der Waals surface area contributed by atoms with Crippen molar-refractivity contribution >= 4 is 23.1 Å². The average Bonchev–Trinajstić information content (AvgIpc) is 3.45. The SMILES string of the molecule is CCOc1ccc2oc(C(=O)N/N=C\c3cc(C)n(-c4ccc(-c5ccccc5)cc4)c3C)cc2c1. The van der Waals surface area contributed by atoms with E-state index < -0.39 is 5.91 Å². The molecule has 1 amide bonds. The lowest BCUT2D eigenvalue weighted by Crippen LogP contribution is -2.16. The molecule has 0 radical (unpaired) electrons. The second-order valence-corrected chi connectivity index (χ2v) is 8.52. The number of aromatic nitrogens is 1. The number of nitrogens with zero attached hydrogens (tertiary/aromatic N) is 2. The Hall–Kier alpha value is -4.58. The Labute approximate surface area is 209 Å². The van der Waals surface area contributed by atoms with E-state index in [4.69, 9.17) is 9.15 Å². The first-order valence-electron chi connectivity index (χ1n) is 11.9. The Morgan fingerprint density at radius 2 is 1.72 bits per heavy atom. The maximum atomic E-state index is 12.6. The minimum Gasteiger partial charge on any atom is -0.494 e. The number of ether oxygens (including phenoxy) is 1. The van der Waals surface area contributed by atoms with Crippen molar-refractivity contribution in [2.24, 2.45) is 5.10 Å². The van der Waals surface area contributed by atoms with Crippen LogP contribution in [0.5, 0.6) is 5.75 Å². The van der Waals surface area contributed by atoms with Crippen molar-refractivity contribution < 1.29 is 13.9 Å². The first-order chi connectivity index (χ1) is 17.5. The Morgan fingerprint density at radius 1 is 0.972 bits per heavy atom. The average molecular weight is 478 g/mol. The van der Waals surface area contributed by atoms with Gasteiger partial charge in [-0.05, 0) is 74.4 Å². The highest BCUT2D eigenvalue weighted by molar-refractivity contribution is 5.97. The van der Waals surface area contributed by atoms with Crippen molar-refractivity contribution in [2.75, 3.05) is 6.61 Å². The normalized spacial score (nSPS) is 11.3. The Kier molecular flexibility index (Phi) is 6.41. The molecule has 0 saturated heterocycles. The Morgan fingerprint density at radius 3 is 2.47 bits per heavy atom. The second kappa shape index (κ2) is 9.96. The molecule has 2 heterocycles. The summed E-state index contributed by atoms with van der Waals surface area (Å²) in [6, 6.07) is 28.0. The number of fused-ring (bicyclic) bond motifs is 1. The molecule has 0 aliphatic rings. The molecule has 6 heteroatoms. The summed E-state index contributed by atoms with van der Waals surface area (Å²) in [6.07, 6.45) is 1.66. The lowest BCUT2D eigenvalue weighted by molar-refractivity contribution is 0.0929. The minimum absolute atomic E-state index is 0.194. The lowest BCUT2D eigenvalue weighted by Gasteiger charge is -2.11. The number of benzene rings is 3. The molecule has 0 atom stereocenters. The van der Waals surface area contributed by atoms with Crippen molar-refractivity contribution in [3.05, 3.63) is 108 Å². The van der Waals surface area contributed by atoms with E-state index in [1.54, 1.807) is 18.3 Å². The summed E-state index contributed by atoms with van der Waals surface area (Å²) < 4.78 is 13.4. The standard InChI is InChI=1S/C30H27N3O3/c1-4-35-27-14-15-28-24(17-27)18-29(36-28)30(34)32-31-19-25-16-20(2)33(21(25)3)26-12-10-23(11-13-26)22-8-6-5-7-9-22/h5-19H,4H2,1-3H3,(H,32,34)/b31-19-. The van der Waals surface area contributed by atoms with Gasteiger partial charge in [-0.15, -0.1) is 0 Å². The molecule has 5 aromatic rings. The van der Waals surface area contributed by atoms with E-state index in [2.05, 4.69) is 58.4 Å². The lowest BCUT2D eigenvalue weighted by atomic mass is 10.1. The topological polar surface area (TPSA) is 68.8 Å². The summed E-state index contributed by atoms with van der Waals surface area (Å²) in [5, 5.41) is 4.98. The van der Waals surface area contributed by atoms with Crippen molar-refractivity contribution in [3.8, 4) is 22.6 Å². The molecule has 0 aliphatic carbocycles. The first kappa shape index (κ1) is 23.2. The summed E-state index contributed by atoms with van der Waals surface area (Å²) in [7, 11) is 0. The van der Waals surface area contributed by atoms with E-state index in [-0.39, 0.29) is 5.76 Å². The predicted octanol–water partition coefficient (Wildman–Crippen LogP) is 6.67. The van der Waals surface area contributed by atoms with Gasteiger partial charge in [-0.2, -0.15) is 5.10 Å². The molecular weight excluding hydrogens is 450 g/mol. The molecule has 0 unspecified atom stereocenters. The smallest absolute Gasteiger partial charge is 0.307 e. The number of carbonyl (C=O) groups is 1. The van der Waals surface area contributed by atoms with Crippen LogP contribution < -0.4 is 10.2 Å². The van der Waals surface area contributed by atoms with Crippen LogP contribution in [0.1, 0.15) is 34.4 Å². The molecule has 36 heavy (non-hydrogen) atoms. The number of hydrazone groups is 1. The van der Waals surface area contributed by atoms with Gasteiger partial charge >= 0.3 is 5.91 Å². The second-order valence-electron chi connectivity index (χ2n) is 8.52. The summed E-state index contributed by atoms with van der Waals surface area (Å²) >= 11 is 0. The largest absolute Gasteiger partial charge is 0.494 e. The molecular formula is C30H27N3O3. The third-order valence-electron chi connectivity index (χ3n) is 6.10. The molecule has 5 rings (SSSR count). The Balaban J connectivity index is 1.30. The van der Waals surface area contributed by atoms with Gasteiger partial charge in [-0.3, -0.25) is 4.79 Å². The van der Waals surface area contributed by atoms with Gasteiger partial charge in [0.1, 0.15) is 11.3 Å². The zero-order valence-corrected chi connectivity index (χ0v) is 20.5. The van der Waals surface area contributed by atoms with Gasteiger partial charge in [0.25, 0.3) is 0 Å². The monoisotopic (exact) mass is 477 g/mol. The maximum Gasteiger partial charge on any atom is 0.307 e. The first-order valence-corrected chi connectivity index (χ1v) is 11.9. The van der Waals surface area contributed by atoms with Gasteiger partial charge in [0.05, 0.1) is 12.8 Å². The van der Waals surface area contributed by atoms with E-state index >= 15 is 0 Å². The maximum absolute atomic E-state index is 12.6. The Bertz CT molecular complexity index is 1540. The number of furan rings is 1. The summed E-state index contributed by atoms with van der Waals surface area (Å²) in [5.41, 5.74) is 9.65. The van der Waals surface area contributed by atoms with Gasteiger partial charge < -0.3 is 13.7 Å². The van der Waals surface area contributed by atoms with Crippen molar-refractivity contribution in [1.29, 1.82) is 0 Å². The number of carbonyl (C=O) groups excluding carboxylic acids is 1. The van der Waals surface area contributed by atoms with Gasteiger partial charge in [-0.25, -0.2) is 5.43 Å². The van der Waals surface area contributed by atoms with Crippen LogP contribution in [0.3, 0.4) is 0 Å². The van der Waals surface area contributed by atoms with Crippen LogP contribution >= 0.6 is 0 Å². The molecule has 3 aromatic carbocycles. The minimum atomic E-state index is -0.411. The van der Waals surface area contributed by atoms with Crippen LogP contribution in [0.2, 0.25) is 0 Å². The molecule has 180 valence electrons. The zero-order chi connectivity index (χ0) is 25.1. The van der Waals surface area contributed by atoms with E-state index in [0.29, 0.717) is 12.2 Å².